The summed E-state index contributed by atoms with van der Waals surface area (Å²) in [6.07, 6.45) is 2.83. The van der Waals surface area contributed by atoms with Crippen molar-refractivity contribution in [2.24, 2.45) is 5.41 Å². The maximum absolute atomic E-state index is 6.02. The van der Waals surface area contributed by atoms with E-state index < -0.39 is 0 Å². The molecule has 96 valence electrons. The molecule has 1 rings (SSSR count). The summed E-state index contributed by atoms with van der Waals surface area (Å²) in [5.74, 6) is 0.653. The third-order valence-electron chi connectivity index (χ3n) is 2.85. The average molecular weight is 235 g/mol. The monoisotopic (exact) mass is 235 g/mol. The lowest BCUT2D eigenvalue weighted by atomic mass is 9.84. The maximum atomic E-state index is 6.02. The van der Waals surface area contributed by atoms with Gasteiger partial charge in [0.25, 0.3) is 0 Å². The minimum atomic E-state index is 0.265. The lowest BCUT2D eigenvalue weighted by Gasteiger charge is -2.28. The standard InChI is InChI=1S/C14H25N3/c1-6-16-11(9-14(3,4)5)12-10(2)7-8-17-13(12)15/h7-8,11,16H,6,9H2,1-5H3,(H2,15,17). The van der Waals surface area contributed by atoms with E-state index in [0.717, 1.165) is 18.5 Å². The van der Waals surface area contributed by atoms with Crippen LogP contribution < -0.4 is 11.1 Å². The Bertz CT molecular complexity index is 346. The molecule has 0 amide bonds. The van der Waals surface area contributed by atoms with E-state index >= 15 is 0 Å². The summed E-state index contributed by atoms with van der Waals surface area (Å²) in [6.45, 7) is 11.9. The van der Waals surface area contributed by atoms with Crippen molar-refractivity contribution >= 4 is 5.82 Å². The maximum Gasteiger partial charge on any atom is 0.128 e. The molecule has 0 aliphatic heterocycles. The van der Waals surface area contributed by atoms with Crippen molar-refractivity contribution in [1.82, 2.24) is 10.3 Å². The number of nitrogens with zero attached hydrogens (tertiary/aromatic N) is 1. The van der Waals surface area contributed by atoms with Crippen LogP contribution in [0, 0.1) is 12.3 Å². The van der Waals surface area contributed by atoms with Crippen LogP contribution in [0.5, 0.6) is 0 Å². The van der Waals surface area contributed by atoms with Gasteiger partial charge in [-0.1, -0.05) is 27.7 Å². The van der Waals surface area contributed by atoms with Gasteiger partial charge in [-0.2, -0.15) is 0 Å². The van der Waals surface area contributed by atoms with E-state index in [1.165, 1.54) is 5.56 Å². The summed E-state index contributed by atoms with van der Waals surface area (Å²) >= 11 is 0. The summed E-state index contributed by atoms with van der Waals surface area (Å²) < 4.78 is 0. The highest BCUT2D eigenvalue weighted by Crippen LogP contribution is 2.32. The summed E-state index contributed by atoms with van der Waals surface area (Å²) in [5, 5.41) is 3.52. The Kier molecular flexibility index (Phi) is 4.52. The Labute approximate surface area is 105 Å². The lowest BCUT2D eigenvalue weighted by molar-refractivity contribution is 0.314. The van der Waals surface area contributed by atoms with E-state index in [1.807, 2.05) is 6.07 Å². The Morgan fingerprint density at radius 3 is 2.53 bits per heavy atom. The van der Waals surface area contributed by atoms with Crippen LogP contribution in [0.4, 0.5) is 5.82 Å². The Hall–Kier alpha value is -1.09. The number of anilines is 1. The fraction of sp³-hybridized carbons (Fsp3) is 0.643. The minimum Gasteiger partial charge on any atom is -0.383 e. The van der Waals surface area contributed by atoms with Gasteiger partial charge in [0.05, 0.1) is 0 Å². The first-order chi connectivity index (χ1) is 7.85. The molecule has 0 aliphatic carbocycles. The number of nitrogen functional groups attached to an aromatic ring is 1. The van der Waals surface area contributed by atoms with Gasteiger partial charge in [0.2, 0.25) is 0 Å². The normalized spacial score (nSPS) is 13.7. The fourth-order valence-electron chi connectivity index (χ4n) is 2.18. The van der Waals surface area contributed by atoms with E-state index in [2.05, 4.69) is 44.9 Å². The van der Waals surface area contributed by atoms with Crippen LogP contribution in [0.3, 0.4) is 0 Å². The third kappa shape index (κ3) is 4.00. The van der Waals surface area contributed by atoms with Gasteiger partial charge in [-0.05, 0) is 36.9 Å². The van der Waals surface area contributed by atoms with Gasteiger partial charge < -0.3 is 11.1 Å². The van der Waals surface area contributed by atoms with Crippen LogP contribution in [0.15, 0.2) is 12.3 Å². The zero-order valence-corrected chi connectivity index (χ0v) is 11.7. The van der Waals surface area contributed by atoms with Crippen LogP contribution in [-0.2, 0) is 0 Å². The average Bonchev–Trinajstić information content (AvgIpc) is 2.15. The van der Waals surface area contributed by atoms with Crippen molar-refractivity contribution in [2.75, 3.05) is 12.3 Å². The predicted molar refractivity (Wildman–Crippen MR) is 73.9 cm³/mol. The highest BCUT2D eigenvalue weighted by Gasteiger charge is 2.22. The van der Waals surface area contributed by atoms with Gasteiger partial charge in [0, 0.05) is 17.8 Å². The molecular weight excluding hydrogens is 210 g/mol. The molecule has 3 nitrogen and oxygen atoms in total. The molecule has 1 aromatic rings. The van der Waals surface area contributed by atoms with Gasteiger partial charge in [0.1, 0.15) is 5.82 Å². The predicted octanol–water partition coefficient (Wildman–Crippen LogP) is 3.06. The topological polar surface area (TPSA) is 50.9 Å². The molecule has 1 atom stereocenters. The quantitative estimate of drug-likeness (QED) is 0.843. The van der Waals surface area contributed by atoms with E-state index in [1.54, 1.807) is 6.20 Å². The second-order valence-corrected chi connectivity index (χ2v) is 5.80. The number of pyridine rings is 1. The first-order valence-corrected chi connectivity index (χ1v) is 6.29. The molecule has 0 bridgehead atoms. The highest BCUT2D eigenvalue weighted by atomic mass is 14.9. The van der Waals surface area contributed by atoms with Gasteiger partial charge >= 0.3 is 0 Å². The lowest BCUT2D eigenvalue weighted by Crippen LogP contribution is -2.27. The largest absolute Gasteiger partial charge is 0.383 e. The fourth-order valence-corrected chi connectivity index (χ4v) is 2.18. The highest BCUT2D eigenvalue weighted by molar-refractivity contribution is 5.46. The number of aromatic nitrogens is 1. The van der Waals surface area contributed by atoms with E-state index in [-0.39, 0.29) is 11.5 Å². The first-order valence-electron chi connectivity index (χ1n) is 6.29. The zero-order valence-electron chi connectivity index (χ0n) is 11.7. The molecule has 0 spiro atoms. The summed E-state index contributed by atoms with van der Waals surface area (Å²) in [7, 11) is 0. The molecule has 1 unspecified atom stereocenters. The van der Waals surface area contributed by atoms with Gasteiger partial charge in [-0.15, -0.1) is 0 Å². The third-order valence-corrected chi connectivity index (χ3v) is 2.85. The zero-order chi connectivity index (χ0) is 13.1. The van der Waals surface area contributed by atoms with Crippen molar-refractivity contribution in [1.29, 1.82) is 0 Å². The molecule has 0 saturated carbocycles. The molecule has 0 radical (unpaired) electrons. The summed E-state index contributed by atoms with van der Waals surface area (Å²) in [6, 6.07) is 2.31. The summed E-state index contributed by atoms with van der Waals surface area (Å²) in [4.78, 5) is 4.21. The molecule has 0 saturated heterocycles. The van der Waals surface area contributed by atoms with Crippen molar-refractivity contribution < 1.29 is 0 Å². The number of rotatable bonds is 4. The second kappa shape index (κ2) is 5.50. The van der Waals surface area contributed by atoms with Crippen LogP contribution in [0.1, 0.15) is 51.3 Å². The van der Waals surface area contributed by atoms with Crippen molar-refractivity contribution in [3.05, 3.63) is 23.4 Å². The SMILES string of the molecule is CCNC(CC(C)(C)C)c1c(C)ccnc1N. The molecule has 3 heteroatoms. The van der Waals surface area contributed by atoms with Crippen molar-refractivity contribution in [3.8, 4) is 0 Å². The van der Waals surface area contributed by atoms with Gasteiger partial charge in [-0.25, -0.2) is 4.98 Å². The molecule has 17 heavy (non-hydrogen) atoms. The van der Waals surface area contributed by atoms with Crippen LogP contribution in [0.2, 0.25) is 0 Å². The molecular formula is C14H25N3. The molecule has 0 aromatic carbocycles. The number of nitrogens with two attached hydrogens (primary N) is 1. The smallest absolute Gasteiger partial charge is 0.128 e. The second-order valence-electron chi connectivity index (χ2n) is 5.80. The number of aryl methyl sites for hydroxylation is 1. The molecule has 0 aliphatic rings. The van der Waals surface area contributed by atoms with Crippen LogP contribution >= 0.6 is 0 Å². The first kappa shape index (κ1) is 14.0. The molecule has 0 fully saturated rings. The Balaban J connectivity index is 3.05. The Morgan fingerprint density at radius 1 is 1.41 bits per heavy atom. The Morgan fingerprint density at radius 2 is 2.06 bits per heavy atom. The van der Waals surface area contributed by atoms with Crippen LogP contribution in [0.25, 0.3) is 0 Å². The molecule has 3 N–H and O–H groups in total. The number of hydrogen-bond donors (Lipinski definition) is 2. The van der Waals surface area contributed by atoms with E-state index in [0.29, 0.717) is 5.82 Å². The van der Waals surface area contributed by atoms with E-state index in [9.17, 15) is 0 Å². The van der Waals surface area contributed by atoms with Gasteiger partial charge in [0.15, 0.2) is 0 Å². The summed E-state index contributed by atoms with van der Waals surface area (Å²) in [5.41, 5.74) is 8.66. The van der Waals surface area contributed by atoms with Gasteiger partial charge in [-0.3, -0.25) is 0 Å². The molecule has 1 heterocycles. The van der Waals surface area contributed by atoms with Crippen molar-refractivity contribution in [3.63, 3.8) is 0 Å². The minimum absolute atomic E-state index is 0.265. The molecule has 1 aromatic heterocycles. The number of hydrogen-bond acceptors (Lipinski definition) is 3. The van der Waals surface area contributed by atoms with Crippen molar-refractivity contribution in [2.45, 2.75) is 47.1 Å². The number of nitrogens with one attached hydrogen (secondary N) is 1. The van der Waals surface area contributed by atoms with E-state index in [4.69, 9.17) is 5.73 Å². The van der Waals surface area contributed by atoms with Crippen LogP contribution in [-0.4, -0.2) is 11.5 Å².